The van der Waals surface area contributed by atoms with Crippen LogP contribution in [-0.4, -0.2) is 14.9 Å². The topological polar surface area (TPSA) is 91.1 Å². The number of hydrogen-bond acceptors (Lipinski definition) is 5. The van der Waals surface area contributed by atoms with E-state index in [1.807, 2.05) is 0 Å². The Balaban J connectivity index is 3.04. The Morgan fingerprint density at radius 3 is 2.56 bits per heavy atom. The molecule has 0 aromatic carbocycles. The fourth-order valence-electron chi connectivity index (χ4n) is 0.359. The number of thiol groups is 1. The molecule has 1 heterocycles. The maximum atomic E-state index is 8.24. The first kappa shape index (κ1) is 6.17. The fourth-order valence-corrected chi connectivity index (χ4v) is 0.499. The summed E-state index contributed by atoms with van der Waals surface area (Å²) in [5, 5.41) is 7.03. The Hall–Kier alpha value is -0.950. The first-order chi connectivity index (χ1) is 4.25. The molecule has 0 aliphatic heterocycles. The molecule has 1 aromatic heterocycles. The summed E-state index contributed by atoms with van der Waals surface area (Å²) in [6.45, 7) is 0. The average molecular weight is 144 g/mol. The van der Waals surface area contributed by atoms with Gasteiger partial charge in [0.25, 0.3) is 5.95 Å². The number of nitrogens with zero attached hydrogens (tertiary/aromatic N) is 4. The maximum Gasteiger partial charge on any atom is 0.261 e. The smallest absolute Gasteiger partial charge is 0.261 e. The van der Waals surface area contributed by atoms with Gasteiger partial charge in [-0.2, -0.15) is 0 Å². The van der Waals surface area contributed by atoms with Gasteiger partial charge in [-0.3, -0.25) is 5.43 Å². The van der Waals surface area contributed by atoms with Gasteiger partial charge >= 0.3 is 0 Å². The SMILES string of the molecule is [N]Nc1nnc(S)n1N. The molecule has 0 saturated carbocycles. The number of nitrogens with one attached hydrogen (secondary N) is 1. The minimum absolute atomic E-state index is 0.0556. The number of hydrogen-bond donors (Lipinski definition) is 3. The van der Waals surface area contributed by atoms with Crippen molar-refractivity contribution in [2.24, 2.45) is 0 Å². The number of nitrogen functional groups attached to an aromatic ring is 1. The number of aromatic nitrogens is 3. The molecule has 0 spiro atoms. The molecule has 0 unspecified atom stereocenters. The van der Waals surface area contributed by atoms with E-state index in [2.05, 4.69) is 22.8 Å². The summed E-state index contributed by atoms with van der Waals surface area (Å²) in [4.78, 5) is 0. The lowest BCUT2D eigenvalue weighted by atomic mass is 11.0. The predicted molar refractivity (Wildman–Crippen MR) is 33.2 cm³/mol. The second-order valence-electron chi connectivity index (χ2n) is 1.31. The van der Waals surface area contributed by atoms with Gasteiger partial charge in [0.15, 0.2) is 0 Å². The zero-order valence-electron chi connectivity index (χ0n) is 4.31. The summed E-state index contributed by atoms with van der Waals surface area (Å²) in [5.41, 5.74) is 1.73. The summed E-state index contributed by atoms with van der Waals surface area (Å²) in [7, 11) is 0. The molecule has 0 saturated heterocycles. The highest BCUT2D eigenvalue weighted by atomic mass is 32.1. The van der Waals surface area contributed by atoms with Gasteiger partial charge in [0, 0.05) is 0 Å². The van der Waals surface area contributed by atoms with Crippen LogP contribution in [0.15, 0.2) is 5.16 Å². The van der Waals surface area contributed by atoms with Crippen LogP contribution < -0.4 is 17.1 Å². The van der Waals surface area contributed by atoms with Crippen LogP contribution in [0.2, 0.25) is 0 Å². The number of nitrogens with two attached hydrogens (primary N) is 1. The molecule has 1 rings (SSSR count). The fraction of sp³-hybridized carbons (Fsp3) is 0. The summed E-state index contributed by atoms with van der Waals surface area (Å²) in [6.07, 6.45) is 0. The number of anilines is 1. The van der Waals surface area contributed by atoms with Gasteiger partial charge < -0.3 is 5.84 Å². The van der Waals surface area contributed by atoms with E-state index in [-0.39, 0.29) is 11.1 Å². The molecule has 7 heteroatoms. The van der Waals surface area contributed by atoms with Gasteiger partial charge in [-0.1, -0.05) is 0 Å². The molecule has 6 nitrogen and oxygen atoms in total. The second kappa shape index (κ2) is 2.11. The van der Waals surface area contributed by atoms with E-state index in [1.54, 1.807) is 5.43 Å². The molecule has 3 N–H and O–H groups in total. The van der Waals surface area contributed by atoms with Crippen LogP contribution >= 0.6 is 12.6 Å². The molecule has 0 atom stereocenters. The van der Waals surface area contributed by atoms with Crippen LogP contribution in [0.3, 0.4) is 0 Å². The van der Waals surface area contributed by atoms with E-state index in [4.69, 9.17) is 11.7 Å². The van der Waals surface area contributed by atoms with E-state index < -0.39 is 0 Å². The third-order valence-electron chi connectivity index (χ3n) is 0.778. The van der Waals surface area contributed by atoms with Crippen molar-refractivity contribution in [1.29, 1.82) is 0 Å². The molecule has 9 heavy (non-hydrogen) atoms. The van der Waals surface area contributed by atoms with Crippen molar-refractivity contribution >= 4 is 18.6 Å². The van der Waals surface area contributed by atoms with Crippen molar-refractivity contribution in [3.63, 3.8) is 0 Å². The van der Waals surface area contributed by atoms with Crippen LogP contribution in [0.25, 0.3) is 0 Å². The van der Waals surface area contributed by atoms with Crippen LogP contribution in [0.1, 0.15) is 0 Å². The molecular formula is C2H4N6S. The van der Waals surface area contributed by atoms with Gasteiger partial charge in [0.1, 0.15) is 0 Å². The molecule has 1 aromatic rings. The van der Waals surface area contributed by atoms with E-state index in [1.165, 1.54) is 0 Å². The maximum absolute atomic E-state index is 8.24. The van der Waals surface area contributed by atoms with Gasteiger partial charge in [-0.05, 0) is 5.84 Å². The minimum atomic E-state index is 0.0556. The molecule has 48 valence electrons. The highest BCUT2D eigenvalue weighted by Gasteiger charge is 2.02. The molecule has 0 amide bonds. The minimum Gasteiger partial charge on any atom is -0.334 e. The zero-order valence-corrected chi connectivity index (χ0v) is 5.21. The molecule has 0 bridgehead atoms. The van der Waals surface area contributed by atoms with E-state index in [9.17, 15) is 0 Å². The summed E-state index contributed by atoms with van der Waals surface area (Å²) >= 11 is 3.79. The summed E-state index contributed by atoms with van der Waals surface area (Å²) < 4.78 is 1.00. The lowest BCUT2D eigenvalue weighted by molar-refractivity contribution is 0.851. The Bertz CT molecular complexity index is 205. The van der Waals surface area contributed by atoms with Crippen LogP contribution in [-0.2, 0) is 0 Å². The lowest BCUT2D eigenvalue weighted by Gasteiger charge is -1.94. The van der Waals surface area contributed by atoms with E-state index >= 15 is 0 Å². The largest absolute Gasteiger partial charge is 0.334 e. The van der Waals surface area contributed by atoms with Crippen molar-refractivity contribution in [1.82, 2.24) is 20.7 Å². The molecule has 0 aliphatic rings. The highest BCUT2D eigenvalue weighted by Crippen LogP contribution is 2.03. The third-order valence-corrected chi connectivity index (χ3v) is 1.08. The Morgan fingerprint density at radius 1 is 1.67 bits per heavy atom. The van der Waals surface area contributed by atoms with Crippen LogP contribution in [0, 0.1) is 0 Å². The first-order valence-electron chi connectivity index (χ1n) is 2.05. The summed E-state index contributed by atoms with van der Waals surface area (Å²) in [6, 6.07) is 0. The quantitative estimate of drug-likeness (QED) is 0.259. The zero-order chi connectivity index (χ0) is 6.85. The predicted octanol–water partition coefficient (Wildman–Crippen LogP) is -1.32. The Morgan fingerprint density at radius 2 is 2.33 bits per heavy atom. The Labute approximate surface area is 56.6 Å². The number of rotatable bonds is 1. The molecule has 2 radical (unpaired) electrons. The van der Waals surface area contributed by atoms with E-state index in [0.29, 0.717) is 0 Å². The van der Waals surface area contributed by atoms with Crippen molar-refractivity contribution in [2.75, 3.05) is 11.3 Å². The van der Waals surface area contributed by atoms with Gasteiger partial charge in [0.2, 0.25) is 5.16 Å². The molecule has 0 fully saturated rings. The van der Waals surface area contributed by atoms with Crippen molar-refractivity contribution in [2.45, 2.75) is 5.16 Å². The van der Waals surface area contributed by atoms with Gasteiger partial charge in [-0.25, -0.2) is 4.68 Å². The average Bonchev–Trinajstić information content (AvgIpc) is 2.15. The normalized spacial score (nSPS) is 9.56. The van der Waals surface area contributed by atoms with Crippen molar-refractivity contribution in [3.8, 4) is 0 Å². The van der Waals surface area contributed by atoms with Crippen molar-refractivity contribution < 1.29 is 0 Å². The second-order valence-corrected chi connectivity index (χ2v) is 1.71. The highest BCUT2D eigenvalue weighted by molar-refractivity contribution is 7.80. The lowest BCUT2D eigenvalue weighted by Crippen LogP contribution is -2.13. The van der Waals surface area contributed by atoms with E-state index in [0.717, 1.165) is 4.68 Å². The third kappa shape index (κ3) is 0.911. The van der Waals surface area contributed by atoms with Crippen LogP contribution in [0.4, 0.5) is 5.95 Å². The van der Waals surface area contributed by atoms with Crippen molar-refractivity contribution in [3.05, 3.63) is 0 Å². The molecule has 0 aliphatic carbocycles. The standard InChI is InChI=1S/C2H4N6S/c3-5-1-6-7-2(9)8(1)4/h4H2,(H,5,6)(H,7,9). The first-order valence-corrected chi connectivity index (χ1v) is 2.50. The summed E-state index contributed by atoms with van der Waals surface area (Å²) in [5.74, 6) is 13.5. The monoisotopic (exact) mass is 144 g/mol. The van der Waals surface area contributed by atoms with Crippen LogP contribution in [0.5, 0.6) is 0 Å². The van der Waals surface area contributed by atoms with Gasteiger partial charge in [0.05, 0.1) is 0 Å². The Kier molecular flexibility index (Phi) is 1.45. The van der Waals surface area contributed by atoms with Gasteiger partial charge in [-0.15, -0.1) is 22.8 Å². The molecular weight excluding hydrogens is 140 g/mol.